The Bertz CT molecular complexity index is 147. The fourth-order valence-electron chi connectivity index (χ4n) is 1.11. The fraction of sp³-hybridized carbons (Fsp3) is 0.875. The molecule has 4 heteroatoms. The molecule has 0 aromatic rings. The molecular weight excluding hydrogens is 154 g/mol. The number of hydrazine groups is 1. The highest BCUT2D eigenvalue weighted by Crippen LogP contribution is 2.05. The number of carbonyl (C=O) groups excluding carboxylic acids is 1. The lowest BCUT2D eigenvalue weighted by molar-refractivity contribution is -0.126. The lowest BCUT2D eigenvalue weighted by atomic mass is 10.1. The van der Waals surface area contributed by atoms with Crippen molar-refractivity contribution in [3.8, 4) is 0 Å². The van der Waals surface area contributed by atoms with Crippen LogP contribution in [0.5, 0.6) is 0 Å². The van der Waals surface area contributed by atoms with Crippen LogP contribution in [0.25, 0.3) is 0 Å². The summed E-state index contributed by atoms with van der Waals surface area (Å²) >= 11 is 0. The smallest absolute Gasteiger partial charge is 0.251 e. The maximum atomic E-state index is 11.2. The van der Waals surface area contributed by atoms with Gasteiger partial charge in [-0.2, -0.15) is 0 Å². The van der Waals surface area contributed by atoms with Crippen LogP contribution in [-0.2, 0) is 4.79 Å². The van der Waals surface area contributed by atoms with Crippen LogP contribution in [0.2, 0.25) is 0 Å². The molecular formula is C8H19N3O. The van der Waals surface area contributed by atoms with Gasteiger partial charge in [-0.3, -0.25) is 15.1 Å². The third-order valence-corrected chi connectivity index (χ3v) is 2.14. The van der Waals surface area contributed by atoms with Gasteiger partial charge in [0, 0.05) is 6.04 Å². The highest BCUT2D eigenvalue weighted by atomic mass is 16.2. The molecule has 0 radical (unpaired) electrons. The first-order valence-corrected chi connectivity index (χ1v) is 4.27. The molecule has 4 nitrogen and oxygen atoms in total. The number of rotatable bonds is 4. The van der Waals surface area contributed by atoms with E-state index >= 15 is 0 Å². The highest BCUT2D eigenvalue weighted by Gasteiger charge is 2.21. The molecule has 0 fully saturated rings. The van der Waals surface area contributed by atoms with Gasteiger partial charge in [0.05, 0.1) is 6.04 Å². The average Bonchev–Trinajstić information content (AvgIpc) is 2.05. The highest BCUT2D eigenvalue weighted by molar-refractivity contribution is 5.81. The number of carbonyl (C=O) groups is 1. The first kappa shape index (κ1) is 11.4. The predicted molar refractivity (Wildman–Crippen MR) is 49.3 cm³/mol. The van der Waals surface area contributed by atoms with Gasteiger partial charge in [0.25, 0.3) is 5.91 Å². The number of nitrogens with zero attached hydrogens (tertiary/aromatic N) is 1. The van der Waals surface area contributed by atoms with Crippen molar-refractivity contribution < 1.29 is 4.79 Å². The van der Waals surface area contributed by atoms with Crippen LogP contribution in [0.4, 0.5) is 0 Å². The van der Waals surface area contributed by atoms with Gasteiger partial charge in [0.15, 0.2) is 0 Å². The van der Waals surface area contributed by atoms with Gasteiger partial charge in [0.1, 0.15) is 0 Å². The van der Waals surface area contributed by atoms with Crippen LogP contribution >= 0.6 is 0 Å². The normalized spacial score (nSPS) is 13.6. The van der Waals surface area contributed by atoms with Gasteiger partial charge in [-0.1, -0.05) is 6.92 Å². The van der Waals surface area contributed by atoms with Gasteiger partial charge in [0.2, 0.25) is 0 Å². The van der Waals surface area contributed by atoms with Gasteiger partial charge in [-0.25, -0.2) is 5.84 Å². The zero-order valence-corrected chi connectivity index (χ0v) is 8.29. The summed E-state index contributed by atoms with van der Waals surface area (Å²) in [6.07, 6.45) is 0.776. The quantitative estimate of drug-likeness (QED) is 0.360. The standard InChI is InChI=1S/C8H19N3O/c1-5-7(8(12)10-9)11(4)6(2)3/h6-7H,5,9H2,1-4H3,(H,10,12). The maximum Gasteiger partial charge on any atom is 0.251 e. The van der Waals surface area contributed by atoms with Crippen LogP contribution in [0.15, 0.2) is 0 Å². The summed E-state index contributed by atoms with van der Waals surface area (Å²) in [4.78, 5) is 13.2. The topological polar surface area (TPSA) is 58.4 Å². The lowest BCUT2D eigenvalue weighted by Crippen LogP contribution is -2.49. The fourth-order valence-corrected chi connectivity index (χ4v) is 1.11. The van der Waals surface area contributed by atoms with Crippen LogP contribution < -0.4 is 11.3 Å². The monoisotopic (exact) mass is 173 g/mol. The van der Waals surface area contributed by atoms with Crippen molar-refractivity contribution in [2.24, 2.45) is 5.84 Å². The molecule has 0 heterocycles. The minimum atomic E-state index is -0.117. The number of likely N-dealkylation sites (N-methyl/N-ethyl adjacent to an activating group) is 1. The summed E-state index contributed by atoms with van der Waals surface area (Å²) in [5.74, 6) is 4.94. The molecule has 12 heavy (non-hydrogen) atoms. The zero-order valence-electron chi connectivity index (χ0n) is 8.29. The van der Waals surface area contributed by atoms with Gasteiger partial charge in [-0.05, 0) is 27.3 Å². The van der Waals surface area contributed by atoms with Crippen molar-refractivity contribution in [2.45, 2.75) is 39.3 Å². The largest absolute Gasteiger partial charge is 0.293 e. The van der Waals surface area contributed by atoms with Crippen molar-refractivity contribution in [3.05, 3.63) is 0 Å². The van der Waals surface area contributed by atoms with Crippen LogP contribution in [0, 0.1) is 0 Å². The van der Waals surface area contributed by atoms with Crippen molar-refractivity contribution in [1.82, 2.24) is 10.3 Å². The molecule has 72 valence electrons. The average molecular weight is 173 g/mol. The van der Waals surface area contributed by atoms with E-state index in [1.807, 2.05) is 32.7 Å². The Morgan fingerprint density at radius 2 is 2.08 bits per heavy atom. The van der Waals surface area contributed by atoms with E-state index in [-0.39, 0.29) is 11.9 Å². The van der Waals surface area contributed by atoms with Gasteiger partial charge in [-0.15, -0.1) is 0 Å². The summed E-state index contributed by atoms with van der Waals surface area (Å²) in [6.45, 7) is 6.07. The number of hydrogen-bond donors (Lipinski definition) is 2. The molecule has 0 saturated heterocycles. The number of amides is 1. The molecule has 1 unspecified atom stereocenters. The van der Waals surface area contributed by atoms with Crippen molar-refractivity contribution >= 4 is 5.91 Å². The Labute approximate surface area is 74.1 Å². The molecule has 1 atom stereocenters. The summed E-state index contributed by atoms with van der Waals surface area (Å²) < 4.78 is 0. The molecule has 0 aliphatic heterocycles. The first-order chi connectivity index (χ1) is 5.54. The van der Waals surface area contributed by atoms with Gasteiger partial charge >= 0.3 is 0 Å². The Kier molecular flexibility index (Phi) is 4.85. The Morgan fingerprint density at radius 1 is 1.58 bits per heavy atom. The van der Waals surface area contributed by atoms with Gasteiger partial charge < -0.3 is 0 Å². The van der Waals surface area contributed by atoms with E-state index in [0.29, 0.717) is 6.04 Å². The second kappa shape index (κ2) is 5.11. The minimum absolute atomic E-state index is 0.116. The second-order valence-corrected chi connectivity index (χ2v) is 3.19. The Morgan fingerprint density at radius 3 is 2.33 bits per heavy atom. The van der Waals surface area contributed by atoms with Crippen molar-refractivity contribution in [1.29, 1.82) is 0 Å². The van der Waals surface area contributed by atoms with E-state index in [1.54, 1.807) is 0 Å². The number of nitrogens with one attached hydrogen (secondary N) is 1. The lowest BCUT2D eigenvalue weighted by Gasteiger charge is -2.28. The molecule has 0 aliphatic rings. The van der Waals surface area contributed by atoms with E-state index in [4.69, 9.17) is 5.84 Å². The third kappa shape index (κ3) is 2.79. The Hall–Kier alpha value is -0.610. The number of hydrogen-bond acceptors (Lipinski definition) is 3. The van der Waals surface area contributed by atoms with Crippen LogP contribution in [-0.4, -0.2) is 29.9 Å². The van der Waals surface area contributed by atoms with E-state index in [9.17, 15) is 4.79 Å². The van der Waals surface area contributed by atoms with E-state index in [0.717, 1.165) is 6.42 Å². The summed E-state index contributed by atoms with van der Waals surface area (Å²) in [5.41, 5.74) is 2.17. The summed E-state index contributed by atoms with van der Waals surface area (Å²) in [6, 6.07) is 0.238. The molecule has 3 N–H and O–H groups in total. The molecule has 1 amide bonds. The maximum absolute atomic E-state index is 11.2. The molecule has 0 rings (SSSR count). The van der Waals surface area contributed by atoms with E-state index in [2.05, 4.69) is 5.43 Å². The number of nitrogens with two attached hydrogens (primary N) is 1. The third-order valence-electron chi connectivity index (χ3n) is 2.14. The molecule has 0 saturated carbocycles. The molecule has 0 aromatic heterocycles. The van der Waals surface area contributed by atoms with Crippen LogP contribution in [0.1, 0.15) is 27.2 Å². The SMILES string of the molecule is CCC(C(=O)NN)N(C)C(C)C. The molecule has 0 aliphatic carbocycles. The van der Waals surface area contributed by atoms with E-state index < -0.39 is 0 Å². The predicted octanol–water partition coefficient (Wildman–Crippen LogP) is 0.0951. The minimum Gasteiger partial charge on any atom is -0.293 e. The second-order valence-electron chi connectivity index (χ2n) is 3.19. The molecule has 0 bridgehead atoms. The van der Waals surface area contributed by atoms with Crippen molar-refractivity contribution in [2.75, 3.05) is 7.05 Å². The van der Waals surface area contributed by atoms with Crippen molar-refractivity contribution in [3.63, 3.8) is 0 Å². The summed E-state index contributed by atoms with van der Waals surface area (Å²) in [5, 5.41) is 0. The van der Waals surface area contributed by atoms with E-state index in [1.165, 1.54) is 0 Å². The summed E-state index contributed by atoms with van der Waals surface area (Å²) in [7, 11) is 1.92. The molecule has 0 spiro atoms. The zero-order chi connectivity index (χ0) is 9.72. The first-order valence-electron chi connectivity index (χ1n) is 4.27. The molecule has 0 aromatic carbocycles. The Balaban J connectivity index is 4.23. The van der Waals surface area contributed by atoms with Crippen LogP contribution in [0.3, 0.4) is 0 Å².